The van der Waals surface area contributed by atoms with Crippen LogP contribution in [0.15, 0.2) is 36.7 Å². The maximum atomic E-state index is 12.5. The number of aromatic nitrogens is 2. The van der Waals surface area contributed by atoms with Crippen molar-refractivity contribution in [1.29, 1.82) is 0 Å². The molecule has 1 aromatic carbocycles. The fraction of sp³-hybridized carbons (Fsp3) is 0.500. The number of carbonyl (C=O) groups is 1. The fourth-order valence-corrected chi connectivity index (χ4v) is 3.29. The summed E-state index contributed by atoms with van der Waals surface area (Å²) in [5.41, 5.74) is 2.52. The second kappa shape index (κ2) is 8.85. The molecule has 1 fully saturated rings. The smallest absolute Gasteiger partial charge is 0.317 e. The molecule has 3 rings (SSSR count). The van der Waals surface area contributed by atoms with Gasteiger partial charge in [0.2, 0.25) is 0 Å². The van der Waals surface area contributed by atoms with E-state index in [-0.39, 0.29) is 12.1 Å². The van der Waals surface area contributed by atoms with E-state index in [1.165, 1.54) is 11.1 Å². The predicted molar refractivity (Wildman–Crippen MR) is 101 cm³/mol. The van der Waals surface area contributed by atoms with Gasteiger partial charge < -0.3 is 19.5 Å². The number of aryl methyl sites for hydroxylation is 1. The molecule has 1 aliphatic rings. The van der Waals surface area contributed by atoms with Gasteiger partial charge in [-0.3, -0.25) is 0 Å². The number of imidazole rings is 1. The molecule has 2 amide bonds. The van der Waals surface area contributed by atoms with Crippen molar-refractivity contribution in [3.8, 4) is 0 Å². The van der Waals surface area contributed by atoms with Crippen LogP contribution in [0.4, 0.5) is 4.79 Å². The second-order valence-corrected chi connectivity index (χ2v) is 6.75. The number of nitrogens with one attached hydrogen (secondary N) is 1. The van der Waals surface area contributed by atoms with Crippen LogP contribution in [-0.4, -0.2) is 46.3 Å². The Morgan fingerprint density at radius 3 is 3.00 bits per heavy atom. The molecule has 0 bridgehead atoms. The van der Waals surface area contributed by atoms with E-state index in [1.54, 1.807) is 6.20 Å². The molecule has 1 aromatic heterocycles. The Labute approximate surface area is 155 Å². The third kappa shape index (κ3) is 4.64. The standard InChI is InChI=1S/C20H28N4O2/c1-3-21-20(25)24(14-18-9-6-12-26-18)15-19-22-10-11-23(19)13-17-8-5-4-7-16(17)2/h4-5,7-8,10-11,18H,3,6,9,12-15H2,1-2H3,(H,21,25)/t18-/m0/s1. The molecular weight excluding hydrogens is 328 g/mol. The summed E-state index contributed by atoms with van der Waals surface area (Å²) in [7, 11) is 0. The summed E-state index contributed by atoms with van der Waals surface area (Å²) in [6.07, 6.45) is 5.97. The number of amides is 2. The van der Waals surface area contributed by atoms with Crippen molar-refractivity contribution < 1.29 is 9.53 Å². The van der Waals surface area contributed by atoms with Crippen molar-refractivity contribution in [3.63, 3.8) is 0 Å². The highest BCUT2D eigenvalue weighted by Crippen LogP contribution is 2.16. The van der Waals surface area contributed by atoms with Crippen molar-refractivity contribution in [2.75, 3.05) is 19.7 Å². The van der Waals surface area contributed by atoms with Crippen molar-refractivity contribution in [3.05, 3.63) is 53.6 Å². The Kier molecular flexibility index (Phi) is 6.28. The van der Waals surface area contributed by atoms with Gasteiger partial charge in [-0.1, -0.05) is 24.3 Å². The van der Waals surface area contributed by atoms with Gasteiger partial charge in [-0.25, -0.2) is 9.78 Å². The molecule has 1 N–H and O–H groups in total. The highest BCUT2D eigenvalue weighted by Gasteiger charge is 2.23. The lowest BCUT2D eigenvalue weighted by Gasteiger charge is -2.25. The summed E-state index contributed by atoms with van der Waals surface area (Å²) in [5.74, 6) is 0.887. The van der Waals surface area contributed by atoms with Gasteiger partial charge in [0.05, 0.1) is 12.6 Å². The first-order chi connectivity index (χ1) is 12.7. The van der Waals surface area contributed by atoms with E-state index in [1.807, 2.05) is 24.1 Å². The number of carbonyl (C=O) groups excluding carboxylic acids is 1. The minimum Gasteiger partial charge on any atom is -0.376 e. The average molecular weight is 356 g/mol. The molecule has 2 heterocycles. The van der Waals surface area contributed by atoms with Gasteiger partial charge >= 0.3 is 6.03 Å². The second-order valence-electron chi connectivity index (χ2n) is 6.75. The van der Waals surface area contributed by atoms with E-state index in [4.69, 9.17) is 4.74 Å². The summed E-state index contributed by atoms with van der Waals surface area (Å²) in [6, 6.07) is 8.29. The van der Waals surface area contributed by atoms with Crippen LogP contribution in [0.3, 0.4) is 0 Å². The van der Waals surface area contributed by atoms with Crippen LogP contribution in [0.5, 0.6) is 0 Å². The molecule has 0 radical (unpaired) electrons. The largest absolute Gasteiger partial charge is 0.376 e. The molecule has 0 saturated carbocycles. The molecule has 6 nitrogen and oxygen atoms in total. The molecule has 140 valence electrons. The Hall–Kier alpha value is -2.34. The first-order valence-electron chi connectivity index (χ1n) is 9.36. The minimum atomic E-state index is -0.0616. The van der Waals surface area contributed by atoms with Crippen molar-refractivity contribution in [1.82, 2.24) is 19.8 Å². The van der Waals surface area contributed by atoms with Crippen molar-refractivity contribution in [2.24, 2.45) is 0 Å². The summed E-state index contributed by atoms with van der Waals surface area (Å²) >= 11 is 0. The summed E-state index contributed by atoms with van der Waals surface area (Å²) in [5, 5.41) is 2.90. The summed E-state index contributed by atoms with van der Waals surface area (Å²) in [4.78, 5) is 18.8. The zero-order valence-electron chi connectivity index (χ0n) is 15.6. The Morgan fingerprint density at radius 1 is 1.42 bits per heavy atom. The molecular formula is C20H28N4O2. The normalized spacial score (nSPS) is 16.6. The molecule has 6 heteroatoms. The SMILES string of the molecule is CCNC(=O)N(Cc1nccn1Cc1ccccc1C)C[C@@H]1CCCO1. The van der Waals surface area contributed by atoms with Crippen molar-refractivity contribution >= 4 is 6.03 Å². The quantitative estimate of drug-likeness (QED) is 0.830. The number of ether oxygens (including phenoxy) is 1. The number of urea groups is 1. The maximum Gasteiger partial charge on any atom is 0.317 e. The zero-order valence-corrected chi connectivity index (χ0v) is 15.6. The van der Waals surface area contributed by atoms with Gasteiger partial charge in [0.25, 0.3) is 0 Å². The van der Waals surface area contributed by atoms with E-state index < -0.39 is 0 Å². The Bertz CT molecular complexity index is 722. The number of hydrogen-bond acceptors (Lipinski definition) is 3. The van der Waals surface area contributed by atoms with E-state index in [0.29, 0.717) is 19.6 Å². The van der Waals surface area contributed by atoms with Crippen LogP contribution in [0, 0.1) is 6.92 Å². The van der Waals surface area contributed by atoms with Crippen LogP contribution < -0.4 is 5.32 Å². The third-order valence-electron chi connectivity index (χ3n) is 4.80. The van der Waals surface area contributed by atoms with Crippen molar-refractivity contribution in [2.45, 2.75) is 45.9 Å². The highest BCUT2D eigenvalue weighted by molar-refractivity contribution is 5.74. The molecule has 0 unspecified atom stereocenters. The monoisotopic (exact) mass is 356 g/mol. The van der Waals surface area contributed by atoms with Gasteiger partial charge in [0, 0.05) is 38.6 Å². The average Bonchev–Trinajstić information content (AvgIpc) is 3.29. The number of rotatable bonds is 7. The van der Waals surface area contributed by atoms with Gasteiger partial charge in [-0.15, -0.1) is 0 Å². The molecule has 1 saturated heterocycles. The molecule has 1 atom stereocenters. The van der Waals surface area contributed by atoms with Gasteiger partial charge in [0.1, 0.15) is 5.82 Å². The van der Waals surface area contributed by atoms with Gasteiger partial charge in [-0.05, 0) is 37.8 Å². The van der Waals surface area contributed by atoms with E-state index >= 15 is 0 Å². The first-order valence-corrected chi connectivity index (χ1v) is 9.36. The summed E-state index contributed by atoms with van der Waals surface area (Å²) < 4.78 is 7.84. The number of hydrogen-bond donors (Lipinski definition) is 1. The van der Waals surface area contributed by atoms with Crippen LogP contribution in [0.25, 0.3) is 0 Å². The fourth-order valence-electron chi connectivity index (χ4n) is 3.29. The maximum absolute atomic E-state index is 12.5. The Morgan fingerprint density at radius 2 is 2.27 bits per heavy atom. The number of benzene rings is 1. The lowest BCUT2D eigenvalue weighted by molar-refractivity contribution is 0.0787. The minimum absolute atomic E-state index is 0.0616. The lowest BCUT2D eigenvalue weighted by atomic mass is 10.1. The van der Waals surface area contributed by atoms with Gasteiger partial charge in [0.15, 0.2) is 0 Å². The lowest BCUT2D eigenvalue weighted by Crippen LogP contribution is -2.43. The summed E-state index contributed by atoms with van der Waals surface area (Å²) in [6.45, 7) is 7.28. The number of nitrogens with zero attached hydrogens (tertiary/aromatic N) is 3. The van der Waals surface area contributed by atoms with E-state index in [9.17, 15) is 4.79 Å². The molecule has 26 heavy (non-hydrogen) atoms. The van der Waals surface area contributed by atoms with E-state index in [2.05, 4.69) is 40.0 Å². The highest BCUT2D eigenvalue weighted by atomic mass is 16.5. The van der Waals surface area contributed by atoms with E-state index in [0.717, 1.165) is 31.8 Å². The predicted octanol–water partition coefficient (Wildman–Crippen LogP) is 2.95. The van der Waals surface area contributed by atoms with Crippen LogP contribution in [0.1, 0.15) is 36.7 Å². The zero-order chi connectivity index (χ0) is 18.4. The van der Waals surface area contributed by atoms with Crippen LogP contribution in [0.2, 0.25) is 0 Å². The molecule has 2 aromatic rings. The topological polar surface area (TPSA) is 59.4 Å². The molecule has 0 aliphatic carbocycles. The van der Waals surface area contributed by atoms with Gasteiger partial charge in [-0.2, -0.15) is 0 Å². The molecule has 0 spiro atoms. The van der Waals surface area contributed by atoms with Crippen LogP contribution >= 0.6 is 0 Å². The Balaban J connectivity index is 1.73. The molecule has 1 aliphatic heterocycles. The first kappa shape index (κ1) is 18.5. The third-order valence-corrected chi connectivity index (χ3v) is 4.80. The van der Waals surface area contributed by atoms with Crippen LogP contribution in [-0.2, 0) is 17.8 Å².